The minimum Gasteiger partial charge on any atom is -0.326 e. The van der Waals surface area contributed by atoms with Gasteiger partial charge in [0, 0.05) is 16.2 Å². The molecule has 1 N–H and O–H groups in total. The van der Waals surface area contributed by atoms with E-state index in [9.17, 15) is 4.79 Å². The van der Waals surface area contributed by atoms with Crippen LogP contribution in [0.5, 0.6) is 0 Å². The van der Waals surface area contributed by atoms with Crippen molar-refractivity contribution in [2.45, 2.75) is 6.92 Å². The van der Waals surface area contributed by atoms with Crippen molar-refractivity contribution in [3.63, 3.8) is 0 Å². The Hall–Kier alpha value is -0.580. The number of carbonyl (C=O) groups excluding carboxylic acids is 1. The van der Waals surface area contributed by atoms with Crippen molar-refractivity contribution in [1.29, 1.82) is 0 Å². The summed E-state index contributed by atoms with van der Waals surface area (Å²) in [6.45, 7) is 1.50. The molecule has 0 fully saturated rings. The van der Waals surface area contributed by atoms with E-state index in [4.69, 9.17) is 0 Å². The summed E-state index contributed by atoms with van der Waals surface area (Å²) >= 11 is 2.20. The first kappa shape index (κ1) is 8.52. The van der Waals surface area contributed by atoms with Crippen LogP contribution in [0, 0.1) is 3.57 Å². The van der Waals surface area contributed by atoms with Crippen molar-refractivity contribution in [3.8, 4) is 0 Å². The summed E-state index contributed by atoms with van der Waals surface area (Å²) in [6.07, 6.45) is 0. The van der Waals surface area contributed by atoms with Gasteiger partial charge in [-0.1, -0.05) is 6.07 Å². The normalized spacial score (nSPS) is 9.27. The van der Waals surface area contributed by atoms with Crippen LogP contribution in [0.4, 0.5) is 5.69 Å². The van der Waals surface area contributed by atoms with Crippen LogP contribution >= 0.6 is 22.6 Å². The molecular weight excluding hydrogens is 253 g/mol. The van der Waals surface area contributed by atoms with E-state index in [0.717, 1.165) is 9.26 Å². The first-order valence-electron chi connectivity index (χ1n) is 3.21. The summed E-state index contributed by atoms with van der Waals surface area (Å²) in [5.41, 5.74) is 0.851. The second kappa shape index (κ2) is 3.71. The molecule has 1 amide bonds. The van der Waals surface area contributed by atoms with Crippen LogP contribution < -0.4 is 5.32 Å². The van der Waals surface area contributed by atoms with E-state index < -0.39 is 0 Å². The van der Waals surface area contributed by atoms with Crippen LogP contribution in [0.15, 0.2) is 24.3 Å². The van der Waals surface area contributed by atoms with Crippen molar-refractivity contribution in [1.82, 2.24) is 0 Å². The van der Waals surface area contributed by atoms with Gasteiger partial charge in [-0.3, -0.25) is 4.79 Å². The maximum atomic E-state index is 10.6. The lowest BCUT2D eigenvalue weighted by molar-refractivity contribution is -0.114. The molecule has 1 aromatic carbocycles. The third-order valence-corrected chi connectivity index (χ3v) is 1.82. The molecule has 2 nitrogen and oxygen atoms in total. The quantitative estimate of drug-likeness (QED) is 0.772. The first-order valence-corrected chi connectivity index (χ1v) is 4.29. The maximum absolute atomic E-state index is 10.6. The molecule has 1 aromatic rings. The molecule has 0 aliphatic heterocycles. The largest absolute Gasteiger partial charge is 0.326 e. The standard InChI is InChI=1S/C8H8INO/c1-6(11)10-8-4-2-3-7(9)5-8/h2-5H,1H3,(H,10,11). The average molecular weight is 261 g/mol. The molecule has 0 saturated heterocycles. The maximum Gasteiger partial charge on any atom is 0.221 e. The zero-order chi connectivity index (χ0) is 8.27. The molecule has 0 aliphatic rings. The van der Waals surface area contributed by atoms with Gasteiger partial charge in [0.25, 0.3) is 0 Å². The van der Waals surface area contributed by atoms with E-state index in [1.54, 1.807) is 0 Å². The summed E-state index contributed by atoms with van der Waals surface area (Å²) in [6, 6.07) is 7.67. The summed E-state index contributed by atoms with van der Waals surface area (Å²) in [5, 5.41) is 2.70. The molecule has 0 atom stereocenters. The lowest BCUT2D eigenvalue weighted by Crippen LogP contribution is -2.05. The molecule has 11 heavy (non-hydrogen) atoms. The first-order chi connectivity index (χ1) is 5.18. The Bertz CT molecular complexity index is 273. The smallest absolute Gasteiger partial charge is 0.221 e. The minimum absolute atomic E-state index is 0.0352. The van der Waals surface area contributed by atoms with E-state index in [1.165, 1.54) is 6.92 Å². The Kier molecular flexibility index (Phi) is 2.87. The topological polar surface area (TPSA) is 29.1 Å². The second-order valence-corrected chi connectivity index (χ2v) is 3.44. The van der Waals surface area contributed by atoms with Crippen LogP contribution in [0.1, 0.15) is 6.92 Å². The Morgan fingerprint density at radius 2 is 2.27 bits per heavy atom. The summed E-state index contributed by atoms with van der Waals surface area (Å²) in [4.78, 5) is 10.6. The highest BCUT2D eigenvalue weighted by Gasteiger charge is 1.93. The van der Waals surface area contributed by atoms with Gasteiger partial charge in [-0.25, -0.2) is 0 Å². The van der Waals surface area contributed by atoms with Gasteiger partial charge in [0.05, 0.1) is 0 Å². The van der Waals surface area contributed by atoms with Crippen LogP contribution in [0.25, 0.3) is 0 Å². The number of halogens is 1. The molecule has 0 saturated carbocycles. The Labute approximate surface area is 79.1 Å². The molecule has 0 unspecified atom stereocenters. The number of hydrogen-bond donors (Lipinski definition) is 1. The number of amides is 1. The van der Waals surface area contributed by atoms with Gasteiger partial charge in [-0.05, 0) is 40.8 Å². The van der Waals surface area contributed by atoms with Gasteiger partial charge in [-0.2, -0.15) is 0 Å². The third-order valence-electron chi connectivity index (χ3n) is 1.14. The van der Waals surface area contributed by atoms with Gasteiger partial charge in [0.1, 0.15) is 0 Å². The lowest BCUT2D eigenvalue weighted by Gasteiger charge is -2.00. The fourth-order valence-corrected chi connectivity index (χ4v) is 1.31. The van der Waals surface area contributed by atoms with Crippen molar-refractivity contribution in [2.24, 2.45) is 0 Å². The predicted molar refractivity (Wildman–Crippen MR) is 53.5 cm³/mol. The fraction of sp³-hybridized carbons (Fsp3) is 0.125. The molecule has 0 spiro atoms. The van der Waals surface area contributed by atoms with Crippen LogP contribution in [0.3, 0.4) is 0 Å². The fourth-order valence-electron chi connectivity index (χ4n) is 0.769. The van der Waals surface area contributed by atoms with E-state index in [1.807, 2.05) is 24.3 Å². The summed E-state index contributed by atoms with van der Waals surface area (Å²) < 4.78 is 1.12. The second-order valence-electron chi connectivity index (χ2n) is 2.19. The number of nitrogens with one attached hydrogen (secondary N) is 1. The third kappa shape index (κ3) is 2.88. The molecule has 3 heteroatoms. The van der Waals surface area contributed by atoms with Crippen LogP contribution in [-0.4, -0.2) is 5.91 Å². The SMILES string of the molecule is CC(=O)Nc1cccc(I)c1. The Morgan fingerprint density at radius 1 is 1.55 bits per heavy atom. The van der Waals surface area contributed by atoms with Gasteiger partial charge in [-0.15, -0.1) is 0 Å². The summed E-state index contributed by atoms with van der Waals surface area (Å²) in [5.74, 6) is -0.0352. The van der Waals surface area contributed by atoms with E-state index in [0.29, 0.717) is 0 Å². The minimum atomic E-state index is -0.0352. The van der Waals surface area contributed by atoms with Crippen LogP contribution in [0.2, 0.25) is 0 Å². The molecule has 0 radical (unpaired) electrons. The monoisotopic (exact) mass is 261 g/mol. The number of rotatable bonds is 1. The van der Waals surface area contributed by atoms with Gasteiger partial charge in [0.15, 0.2) is 0 Å². The number of benzene rings is 1. The zero-order valence-corrected chi connectivity index (χ0v) is 8.25. The molecule has 0 aliphatic carbocycles. The molecule has 0 aromatic heterocycles. The Morgan fingerprint density at radius 3 is 2.82 bits per heavy atom. The van der Waals surface area contributed by atoms with E-state index in [2.05, 4.69) is 27.9 Å². The highest BCUT2D eigenvalue weighted by molar-refractivity contribution is 14.1. The van der Waals surface area contributed by atoms with Crippen molar-refractivity contribution >= 4 is 34.2 Å². The average Bonchev–Trinajstić information content (AvgIpc) is 1.85. The molecule has 0 bridgehead atoms. The predicted octanol–water partition coefficient (Wildman–Crippen LogP) is 2.25. The lowest BCUT2D eigenvalue weighted by atomic mass is 10.3. The number of hydrogen-bond acceptors (Lipinski definition) is 1. The van der Waals surface area contributed by atoms with Gasteiger partial charge >= 0.3 is 0 Å². The van der Waals surface area contributed by atoms with Crippen molar-refractivity contribution in [2.75, 3.05) is 5.32 Å². The van der Waals surface area contributed by atoms with E-state index in [-0.39, 0.29) is 5.91 Å². The molecule has 0 heterocycles. The van der Waals surface area contributed by atoms with Gasteiger partial charge < -0.3 is 5.32 Å². The van der Waals surface area contributed by atoms with Gasteiger partial charge in [0.2, 0.25) is 5.91 Å². The Balaban J connectivity index is 2.79. The van der Waals surface area contributed by atoms with Crippen molar-refractivity contribution < 1.29 is 4.79 Å². The van der Waals surface area contributed by atoms with Crippen molar-refractivity contribution in [3.05, 3.63) is 27.8 Å². The number of carbonyl (C=O) groups is 1. The molecular formula is C8H8INO. The number of anilines is 1. The zero-order valence-electron chi connectivity index (χ0n) is 6.10. The van der Waals surface area contributed by atoms with Crippen LogP contribution in [-0.2, 0) is 4.79 Å². The highest BCUT2D eigenvalue weighted by Crippen LogP contribution is 2.11. The van der Waals surface area contributed by atoms with E-state index >= 15 is 0 Å². The molecule has 1 rings (SSSR count). The summed E-state index contributed by atoms with van der Waals surface area (Å²) in [7, 11) is 0. The molecule has 58 valence electrons. The highest BCUT2D eigenvalue weighted by atomic mass is 127.